The minimum absolute atomic E-state index is 0.160. The van der Waals surface area contributed by atoms with Gasteiger partial charge < -0.3 is 5.32 Å². The van der Waals surface area contributed by atoms with Crippen molar-refractivity contribution in [3.63, 3.8) is 0 Å². The fraction of sp³-hybridized carbons (Fsp3) is 0.406. The van der Waals surface area contributed by atoms with Crippen LogP contribution in [-0.4, -0.2) is 20.9 Å². The van der Waals surface area contributed by atoms with Crippen LogP contribution in [0.4, 0.5) is 11.4 Å². The molecule has 0 heterocycles. The minimum atomic E-state index is -3.92. The lowest BCUT2D eigenvalue weighted by Gasteiger charge is -2.57. The van der Waals surface area contributed by atoms with Crippen LogP contribution in [0.15, 0.2) is 83.8 Å². The molecule has 1 N–H and O–H groups in total. The average Bonchev–Trinajstić information content (AvgIpc) is 2.92. The lowest BCUT2D eigenvalue weighted by atomic mass is 9.48. The van der Waals surface area contributed by atoms with Gasteiger partial charge in [-0.15, -0.1) is 0 Å². The highest BCUT2D eigenvalue weighted by molar-refractivity contribution is 7.92. The van der Waals surface area contributed by atoms with Crippen molar-refractivity contribution in [3.05, 3.63) is 90.0 Å². The largest absolute Gasteiger partial charge is 0.325 e. The summed E-state index contributed by atoms with van der Waals surface area (Å²) in [7, 11) is -3.92. The van der Waals surface area contributed by atoms with E-state index in [2.05, 4.69) is 24.4 Å². The van der Waals surface area contributed by atoms with Crippen molar-refractivity contribution in [2.45, 2.75) is 62.2 Å². The van der Waals surface area contributed by atoms with Crippen molar-refractivity contribution >= 4 is 27.3 Å². The van der Waals surface area contributed by atoms with Crippen LogP contribution < -0.4 is 9.62 Å². The highest BCUT2D eigenvalue weighted by Gasteiger charge is 2.51. The summed E-state index contributed by atoms with van der Waals surface area (Å²) < 4.78 is 28.3. The number of aryl methyl sites for hydroxylation is 1. The highest BCUT2D eigenvalue weighted by Crippen LogP contribution is 2.60. The van der Waals surface area contributed by atoms with E-state index in [1.807, 2.05) is 24.3 Å². The Bertz CT molecular complexity index is 1360. The Hall–Kier alpha value is -3.12. The summed E-state index contributed by atoms with van der Waals surface area (Å²) in [5.41, 5.74) is 3.98. The maximum Gasteiger partial charge on any atom is 0.264 e. The molecule has 0 aliphatic heterocycles. The number of carbonyl (C=O) groups excluding carboxylic acids is 1. The van der Waals surface area contributed by atoms with Gasteiger partial charge in [0, 0.05) is 5.69 Å². The summed E-state index contributed by atoms with van der Waals surface area (Å²) in [6, 6.07) is 24.0. The number of nitrogens with one attached hydrogen (secondary N) is 1. The third kappa shape index (κ3) is 4.75. The topological polar surface area (TPSA) is 66.5 Å². The van der Waals surface area contributed by atoms with Crippen molar-refractivity contribution < 1.29 is 13.2 Å². The van der Waals surface area contributed by atoms with Gasteiger partial charge in [0.25, 0.3) is 10.0 Å². The first-order valence-corrected chi connectivity index (χ1v) is 15.4. The Morgan fingerprint density at radius 3 is 1.97 bits per heavy atom. The van der Waals surface area contributed by atoms with Gasteiger partial charge in [-0.3, -0.25) is 9.10 Å². The van der Waals surface area contributed by atoms with Gasteiger partial charge in [-0.1, -0.05) is 49.4 Å². The van der Waals surface area contributed by atoms with E-state index >= 15 is 0 Å². The number of hydrogen-bond donors (Lipinski definition) is 1. The minimum Gasteiger partial charge on any atom is -0.325 e. The molecule has 6 heteroatoms. The molecule has 3 aromatic carbocycles. The van der Waals surface area contributed by atoms with Crippen LogP contribution in [0.5, 0.6) is 0 Å². The molecule has 0 aromatic heterocycles. The van der Waals surface area contributed by atoms with E-state index in [0.717, 1.165) is 29.7 Å². The first-order valence-electron chi connectivity index (χ1n) is 13.9. The van der Waals surface area contributed by atoms with Crippen LogP contribution in [-0.2, 0) is 26.7 Å². The number of amides is 1. The van der Waals surface area contributed by atoms with E-state index in [9.17, 15) is 13.2 Å². The van der Waals surface area contributed by atoms with Gasteiger partial charge >= 0.3 is 0 Å². The number of nitrogens with zero attached hydrogens (tertiary/aromatic N) is 1. The quantitative estimate of drug-likeness (QED) is 0.360. The maximum absolute atomic E-state index is 13.6. The second-order valence-corrected chi connectivity index (χ2v) is 13.5. The Balaban J connectivity index is 1.20. The first kappa shape index (κ1) is 25.2. The molecular formula is C32H36N2O3S. The Kier molecular flexibility index (Phi) is 6.55. The van der Waals surface area contributed by atoms with E-state index in [4.69, 9.17) is 0 Å². The lowest BCUT2D eigenvalue weighted by Crippen LogP contribution is -2.48. The predicted molar refractivity (Wildman–Crippen MR) is 152 cm³/mol. The van der Waals surface area contributed by atoms with Gasteiger partial charge in [-0.25, -0.2) is 8.42 Å². The van der Waals surface area contributed by atoms with Crippen LogP contribution in [0.25, 0.3) is 0 Å². The molecule has 0 unspecified atom stereocenters. The predicted octanol–water partition coefficient (Wildman–Crippen LogP) is 6.55. The summed E-state index contributed by atoms with van der Waals surface area (Å²) in [5, 5.41) is 2.94. The third-order valence-electron chi connectivity index (χ3n) is 9.07. The van der Waals surface area contributed by atoms with Gasteiger partial charge in [0.2, 0.25) is 5.91 Å². The zero-order chi connectivity index (χ0) is 26.3. The molecule has 0 atom stereocenters. The summed E-state index contributed by atoms with van der Waals surface area (Å²) in [6.45, 7) is 1.74. The number of carbonyl (C=O) groups is 1. The highest BCUT2D eigenvalue weighted by atomic mass is 32.2. The SMILES string of the molecule is CCc1ccc(N(CC(=O)Nc2ccc(C34CC5CC(CC(C5)C3)C4)cc2)S(=O)(=O)c2ccccc2)cc1. The molecule has 4 aliphatic rings. The van der Waals surface area contributed by atoms with Crippen LogP contribution in [0.3, 0.4) is 0 Å². The number of anilines is 2. The molecule has 7 rings (SSSR count). The monoisotopic (exact) mass is 528 g/mol. The molecule has 1 amide bonds. The van der Waals surface area contributed by atoms with Crippen LogP contribution >= 0.6 is 0 Å². The lowest BCUT2D eigenvalue weighted by molar-refractivity contribution is -0.114. The number of sulfonamides is 1. The summed E-state index contributed by atoms with van der Waals surface area (Å²) in [6.07, 6.45) is 8.99. The average molecular weight is 529 g/mol. The summed E-state index contributed by atoms with van der Waals surface area (Å²) in [5.74, 6) is 2.27. The molecule has 4 saturated carbocycles. The van der Waals surface area contributed by atoms with Gasteiger partial charge in [0.05, 0.1) is 10.6 Å². The molecule has 198 valence electrons. The van der Waals surface area contributed by atoms with E-state index < -0.39 is 10.0 Å². The van der Waals surface area contributed by atoms with Gasteiger partial charge in [0.15, 0.2) is 0 Å². The van der Waals surface area contributed by atoms with E-state index in [-0.39, 0.29) is 17.3 Å². The summed E-state index contributed by atoms with van der Waals surface area (Å²) in [4.78, 5) is 13.3. The number of rotatable bonds is 8. The Morgan fingerprint density at radius 1 is 0.842 bits per heavy atom. The van der Waals surface area contributed by atoms with Crippen LogP contribution in [0.1, 0.15) is 56.6 Å². The summed E-state index contributed by atoms with van der Waals surface area (Å²) >= 11 is 0. The van der Waals surface area contributed by atoms with Gasteiger partial charge in [0.1, 0.15) is 6.54 Å². The van der Waals surface area contributed by atoms with Crippen LogP contribution in [0.2, 0.25) is 0 Å². The van der Waals surface area contributed by atoms with E-state index in [0.29, 0.717) is 16.8 Å². The van der Waals surface area contributed by atoms with Crippen molar-refractivity contribution in [3.8, 4) is 0 Å². The standard InChI is InChI=1S/C32H36N2O3S/c1-2-23-8-14-29(15-9-23)34(38(36,37)30-6-4-3-5-7-30)22-31(35)33-28-12-10-27(11-13-28)32-19-24-16-25(20-32)18-26(17-24)21-32/h3-15,24-26H,2,16-22H2,1H3,(H,33,35). The van der Waals surface area contributed by atoms with E-state index in [1.165, 1.54) is 48.4 Å². The Morgan fingerprint density at radius 2 is 1.42 bits per heavy atom. The molecule has 0 radical (unpaired) electrons. The van der Waals surface area contributed by atoms with E-state index in [1.54, 1.807) is 42.5 Å². The molecule has 4 bridgehead atoms. The Labute approximate surface area is 226 Å². The molecule has 4 aliphatic carbocycles. The van der Waals surface area contributed by atoms with Crippen molar-refractivity contribution in [1.82, 2.24) is 0 Å². The molecule has 3 aromatic rings. The molecule has 0 spiro atoms. The molecule has 0 saturated heterocycles. The maximum atomic E-state index is 13.6. The van der Waals surface area contributed by atoms with Crippen molar-refractivity contribution in [2.24, 2.45) is 17.8 Å². The fourth-order valence-electron chi connectivity index (χ4n) is 7.63. The molecule has 4 fully saturated rings. The molecule has 38 heavy (non-hydrogen) atoms. The second-order valence-electron chi connectivity index (χ2n) is 11.7. The molecule has 5 nitrogen and oxygen atoms in total. The van der Waals surface area contributed by atoms with Crippen molar-refractivity contribution in [2.75, 3.05) is 16.2 Å². The van der Waals surface area contributed by atoms with Gasteiger partial charge in [-0.05, 0) is 116 Å². The fourth-order valence-corrected chi connectivity index (χ4v) is 9.08. The second kappa shape index (κ2) is 9.88. The first-order chi connectivity index (χ1) is 18.3. The number of benzene rings is 3. The normalized spacial score (nSPS) is 25.8. The van der Waals surface area contributed by atoms with Gasteiger partial charge in [-0.2, -0.15) is 0 Å². The van der Waals surface area contributed by atoms with Crippen molar-refractivity contribution in [1.29, 1.82) is 0 Å². The smallest absolute Gasteiger partial charge is 0.264 e. The third-order valence-corrected chi connectivity index (χ3v) is 10.9. The number of hydrogen-bond acceptors (Lipinski definition) is 3. The zero-order valence-electron chi connectivity index (χ0n) is 22.0. The zero-order valence-corrected chi connectivity index (χ0v) is 22.8. The molecular weight excluding hydrogens is 492 g/mol. The van der Waals surface area contributed by atoms with Crippen LogP contribution in [0, 0.1) is 17.8 Å².